The molecular weight excluding hydrogens is 190 g/mol. The van der Waals surface area contributed by atoms with Crippen LogP contribution in [0.5, 0.6) is 5.75 Å². The Hall–Kier alpha value is -1.22. The van der Waals surface area contributed by atoms with E-state index in [0.29, 0.717) is 5.56 Å². The first-order valence-corrected chi connectivity index (χ1v) is 5.44. The highest BCUT2D eigenvalue weighted by molar-refractivity contribution is 5.51. The van der Waals surface area contributed by atoms with Gasteiger partial charge in [-0.1, -0.05) is 25.8 Å². The van der Waals surface area contributed by atoms with Crippen LogP contribution in [0, 0.1) is 0 Å². The molecule has 1 rings (SSSR count). The molecule has 3 nitrogen and oxygen atoms in total. The monoisotopic (exact) mass is 209 g/mol. The molecule has 0 saturated heterocycles. The molecule has 0 aliphatic carbocycles. The molecule has 0 radical (unpaired) electrons. The SMILES string of the molecule is CCCCCNc1ccc(CO)c(O)c1. The fraction of sp³-hybridized carbons (Fsp3) is 0.500. The van der Waals surface area contributed by atoms with Crippen LogP contribution in [-0.4, -0.2) is 16.8 Å². The molecule has 0 saturated carbocycles. The first-order valence-electron chi connectivity index (χ1n) is 5.44. The van der Waals surface area contributed by atoms with Gasteiger partial charge in [0, 0.05) is 23.9 Å². The van der Waals surface area contributed by atoms with Gasteiger partial charge in [0.05, 0.1) is 6.61 Å². The van der Waals surface area contributed by atoms with E-state index in [1.54, 1.807) is 12.1 Å². The number of hydrogen-bond acceptors (Lipinski definition) is 3. The van der Waals surface area contributed by atoms with E-state index in [4.69, 9.17) is 5.11 Å². The highest BCUT2D eigenvalue weighted by Gasteiger charge is 2.00. The molecule has 0 unspecified atom stereocenters. The summed E-state index contributed by atoms with van der Waals surface area (Å²) in [6, 6.07) is 5.26. The van der Waals surface area contributed by atoms with Crippen molar-refractivity contribution in [2.24, 2.45) is 0 Å². The van der Waals surface area contributed by atoms with Crippen molar-refractivity contribution in [1.29, 1.82) is 0 Å². The molecule has 0 heterocycles. The van der Waals surface area contributed by atoms with Crippen molar-refractivity contribution in [1.82, 2.24) is 0 Å². The summed E-state index contributed by atoms with van der Waals surface area (Å²) in [6.45, 7) is 2.97. The van der Waals surface area contributed by atoms with E-state index < -0.39 is 0 Å². The van der Waals surface area contributed by atoms with Crippen LogP contribution in [0.1, 0.15) is 31.7 Å². The summed E-state index contributed by atoms with van der Waals surface area (Å²) in [4.78, 5) is 0. The predicted molar refractivity (Wildman–Crippen MR) is 62.0 cm³/mol. The number of unbranched alkanes of at least 4 members (excludes halogenated alkanes) is 2. The number of aliphatic hydroxyl groups excluding tert-OH is 1. The van der Waals surface area contributed by atoms with Crippen LogP contribution in [0.4, 0.5) is 5.69 Å². The van der Waals surface area contributed by atoms with Crippen LogP contribution < -0.4 is 5.32 Å². The second kappa shape index (κ2) is 6.30. The molecule has 1 aromatic carbocycles. The average molecular weight is 209 g/mol. The lowest BCUT2D eigenvalue weighted by Crippen LogP contribution is -2.01. The zero-order valence-corrected chi connectivity index (χ0v) is 9.16. The van der Waals surface area contributed by atoms with Gasteiger partial charge < -0.3 is 15.5 Å². The Labute approximate surface area is 90.8 Å². The van der Waals surface area contributed by atoms with Crippen LogP contribution in [0.2, 0.25) is 0 Å². The number of aromatic hydroxyl groups is 1. The van der Waals surface area contributed by atoms with Gasteiger partial charge in [0.2, 0.25) is 0 Å². The lowest BCUT2D eigenvalue weighted by atomic mass is 10.2. The molecule has 15 heavy (non-hydrogen) atoms. The van der Waals surface area contributed by atoms with E-state index in [1.807, 2.05) is 6.07 Å². The van der Waals surface area contributed by atoms with E-state index >= 15 is 0 Å². The van der Waals surface area contributed by atoms with Gasteiger partial charge >= 0.3 is 0 Å². The number of phenols is 1. The lowest BCUT2D eigenvalue weighted by Gasteiger charge is -2.08. The number of hydrogen-bond donors (Lipinski definition) is 3. The van der Waals surface area contributed by atoms with E-state index in [1.165, 1.54) is 12.8 Å². The summed E-state index contributed by atoms with van der Waals surface area (Å²) < 4.78 is 0. The normalized spacial score (nSPS) is 10.3. The standard InChI is InChI=1S/C12H19NO2/c1-2-3-4-7-13-11-6-5-10(9-14)12(15)8-11/h5-6,8,13-15H,2-4,7,9H2,1H3. The molecule has 0 atom stereocenters. The Morgan fingerprint density at radius 1 is 1.27 bits per heavy atom. The molecule has 0 fully saturated rings. The summed E-state index contributed by atoms with van der Waals surface area (Å²) >= 11 is 0. The Balaban J connectivity index is 2.45. The highest BCUT2D eigenvalue weighted by atomic mass is 16.3. The Kier molecular flexibility index (Phi) is 4.98. The second-order valence-electron chi connectivity index (χ2n) is 3.64. The van der Waals surface area contributed by atoms with Gasteiger partial charge in [-0.05, 0) is 12.5 Å². The van der Waals surface area contributed by atoms with E-state index in [2.05, 4.69) is 12.2 Å². The summed E-state index contributed by atoms with van der Waals surface area (Å²) in [5.74, 6) is 0.151. The average Bonchev–Trinajstić information content (AvgIpc) is 2.25. The number of nitrogens with one attached hydrogen (secondary N) is 1. The summed E-state index contributed by atoms with van der Waals surface area (Å²) in [5, 5.41) is 21.6. The predicted octanol–water partition coefficient (Wildman–Crippen LogP) is 2.49. The van der Waals surface area contributed by atoms with Gasteiger partial charge in [-0.25, -0.2) is 0 Å². The number of rotatable bonds is 6. The number of anilines is 1. The fourth-order valence-electron chi connectivity index (χ4n) is 1.42. The Morgan fingerprint density at radius 2 is 2.07 bits per heavy atom. The third-order valence-electron chi connectivity index (χ3n) is 2.37. The van der Waals surface area contributed by atoms with Gasteiger partial charge in [-0.3, -0.25) is 0 Å². The molecule has 84 valence electrons. The minimum Gasteiger partial charge on any atom is -0.508 e. The summed E-state index contributed by atoms with van der Waals surface area (Å²) in [5.41, 5.74) is 1.47. The molecule has 3 N–H and O–H groups in total. The Morgan fingerprint density at radius 3 is 2.67 bits per heavy atom. The Bertz CT molecular complexity index is 300. The fourth-order valence-corrected chi connectivity index (χ4v) is 1.42. The number of benzene rings is 1. The lowest BCUT2D eigenvalue weighted by molar-refractivity contribution is 0.275. The van der Waals surface area contributed by atoms with Gasteiger partial charge in [-0.2, -0.15) is 0 Å². The van der Waals surface area contributed by atoms with Crippen molar-refractivity contribution in [3.8, 4) is 5.75 Å². The topological polar surface area (TPSA) is 52.5 Å². The molecule has 0 amide bonds. The number of aliphatic hydroxyl groups is 1. The maximum atomic E-state index is 9.49. The van der Waals surface area contributed by atoms with E-state index in [-0.39, 0.29) is 12.4 Å². The van der Waals surface area contributed by atoms with Gasteiger partial charge in [-0.15, -0.1) is 0 Å². The van der Waals surface area contributed by atoms with Crippen LogP contribution in [0.15, 0.2) is 18.2 Å². The van der Waals surface area contributed by atoms with Crippen molar-refractivity contribution in [2.75, 3.05) is 11.9 Å². The molecule has 0 aromatic heterocycles. The first-order chi connectivity index (χ1) is 7.27. The van der Waals surface area contributed by atoms with Crippen molar-refractivity contribution < 1.29 is 10.2 Å². The van der Waals surface area contributed by atoms with E-state index in [9.17, 15) is 5.11 Å². The van der Waals surface area contributed by atoms with Gasteiger partial charge in [0.25, 0.3) is 0 Å². The molecule has 1 aromatic rings. The van der Waals surface area contributed by atoms with Crippen molar-refractivity contribution in [2.45, 2.75) is 32.8 Å². The summed E-state index contributed by atoms with van der Waals surface area (Å²) in [6.07, 6.45) is 3.56. The zero-order valence-electron chi connectivity index (χ0n) is 9.16. The first kappa shape index (κ1) is 11.9. The zero-order chi connectivity index (χ0) is 11.1. The molecule has 0 aliphatic heterocycles. The smallest absolute Gasteiger partial charge is 0.123 e. The van der Waals surface area contributed by atoms with Crippen LogP contribution in [0.3, 0.4) is 0 Å². The third kappa shape index (κ3) is 3.80. The van der Waals surface area contributed by atoms with Gasteiger partial charge in [0.1, 0.15) is 5.75 Å². The van der Waals surface area contributed by atoms with E-state index in [0.717, 1.165) is 18.7 Å². The van der Waals surface area contributed by atoms with Crippen LogP contribution >= 0.6 is 0 Å². The maximum Gasteiger partial charge on any atom is 0.123 e. The summed E-state index contributed by atoms with van der Waals surface area (Å²) in [7, 11) is 0. The molecule has 0 spiro atoms. The van der Waals surface area contributed by atoms with Crippen LogP contribution in [-0.2, 0) is 6.61 Å². The largest absolute Gasteiger partial charge is 0.508 e. The molecule has 0 bridgehead atoms. The molecular formula is C12H19NO2. The maximum absolute atomic E-state index is 9.49. The van der Waals surface area contributed by atoms with Crippen molar-refractivity contribution in [3.63, 3.8) is 0 Å². The van der Waals surface area contributed by atoms with Crippen molar-refractivity contribution >= 4 is 5.69 Å². The quantitative estimate of drug-likeness (QED) is 0.631. The van der Waals surface area contributed by atoms with Crippen LogP contribution in [0.25, 0.3) is 0 Å². The highest BCUT2D eigenvalue weighted by Crippen LogP contribution is 2.21. The molecule has 0 aliphatic rings. The minimum absolute atomic E-state index is 0.123. The van der Waals surface area contributed by atoms with Gasteiger partial charge in [0.15, 0.2) is 0 Å². The second-order valence-corrected chi connectivity index (χ2v) is 3.64. The minimum atomic E-state index is -0.123. The molecule has 3 heteroatoms. The third-order valence-corrected chi connectivity index (χ3v) is 2.37. The van der Waals surface area contributed by atoms with Crippen molar-refractivity contribution in [3.05, 3.63) is 23.8 Å².